The molecular formula is C19H22F2N2O2. The average molecular weight is 348 g/mol. The van der Waals surface area contributed by atoms with Crippen molar-refractivity contribution in [3.63, 3.8) is 0 Å². The average Bonchev–Trinajstić information content (AvgIpc) is 2.58. The highest BCUT2D eigenvalue weighted by molar-refractivity contribution is 5.83. The fourth-order valence-corrected chi connectivity index (χ4v) is 2.70. The molecule has 2 aromatic rings. The van der Waals surface area contributed by atoms with Gasteiger partial charge in [0.1, 0.15) is 17.7 Å². The molecule has 0 saturated carbocycles. The fraction of sp³-hybridized carbons (Fsp3) is 0.316. The molecule has 0 aliphatic carbocycles. The summed E-state index contributed by atoms with van der Waals surface area (Å²) in [6.45, 7) is -0.0972. The lowest BCUT2D eigenvalue weighted by Gasteiger charge is -2.31. The second kappa shape index (κ2) is 8.69. The molecule has 1 N–H and O–H groups in total. The van der Waals surface area contributed by atoms with Crippen LogP contribution in [0.15, 0.2) is 48.5 Å². The molecule has 2 rings (SSSR count). The van der Waals surface area contributed by atoms with E-state index in [1.807, 2.05) is 0 Å². The van der Waals surface area contributed by atoms with Crippen molar-refractivity contribution in [1.82, 2.24) is 9.80 Å². The van der Waals surface area contributed by atoms with E-state index in [1.54, 1.807) is 49.3 Å². The zero-order chi connectivity index (χ0) is 18.4. The van der Waals surface area contributed by atoms with Crippen molar-refractivity contribution in [2.75, 3.05) is 27.2 Å². The summed E-state index contributed by atoms with van der Waals surface area (Å²) in [6, 6.07) is 11.3. The highest BCUT2D eigenvalue weighted by Gasteiger charge is 2.28. The molecule has 2 aromatic carbocycles. The van der Waals surface area contributed by atoms with Crippen LogP contribution in [0.3, 0.4) is 0 Å². The topological polar surface area (TPSA) is 43.8 Å². The summed E-state index contributed by atoms with van der Waals surface area (Å²) >= 11 is 0. The molecule has 4 nitrogen and oxygen atoms in total. The minimum absolute atomic E-state index is 0.0532. The van der Waals surface area contributed by atoms with Crippen LogP contribution in [0.5, 0.6) is 0 Å². The quantitative estimate of drug-likeness (QED) is 0.836. The van der Waals surface area contributed by atoms with Gasteiger partial charge in [-0.1, -0.05) is 30.3 Å². The number of amides is 1. The number of hydrogen-bond donors (Lipinski definition) is 1. The molecule has 25 heavy (non-hydrogen) atoms. The minimum Gasteiger partial charge on any atom is -0.395 e. The molecule has 1 unspecified atom stereocenters. The highest BCUT2D eigenvalue weighted by atomic mass is 19.1. The van der Waals surface area contributed by atoms with Gasteiger partial charge in [-0.3, -0.25) is 9.69 Å². The van der Waals surface area contributed by atoms with Gasteiger partial charge in [0.25, 0.3) is 0 Å². The maximum Gasteiger partial charge on any atom is 0.244 e. The predicted octanol–water partition coefficient (Wildman–Crippen LogP) is 2.59. The van der Waals surface area contributed by atoms with E-state index < -0.39 is 11.9 Å². The maximum absolute atomic E-state index is 13.9. The van der Waals surface area contributed by atoms with Gasteiger partial charge in [0.05, 0.1) is 6.61 Å². The number of likely N-dealkylation sites (N-methyl/N-ethyl adjacent to an activating group) is 1. The third kappa shape index (κ3) is 4.84. The van der Waals surface area contributed by atoms with Gasteiger partial charge in [-0.25, -0.2) is 8.78 Å². The van der Waals surface area contributed by atoms with E-state index in [0.717, 1.165) is 0 Å². The van der Waals surface area contributed by atoms with E-state index in [1.165, 1.54) is 23.1 Å². The molecule has 0 spiro atoms. The van der Waals surface area contributed by atoms with Crippen LogP contribution in [-0.2, 0) is 11.3 Å². The molecule has 0 aliphatic rings. The molecule has 0 saturated heterocycles. The summed E-state index contributed by atoms with van der Waals surface area (Å²) in [4.78, 5) is 16.2. The van der Waals surface area contributed by atoms with Crippen LogP contribution in [0, 0.1) is 11.6 Å². The standard InChI is InChI=1S/C19H22F2N2O2/c1-22(2)18(14-7-9-16(20)10-8-14)19(25)23(11-12-24)13-15-5-3-4-6-17(15)21/h3-10,18,24H,11-13H2,1-2H3. The number of halogens is 2. The lowest BCUT2D eigenvalue weighted by Crippen LogP contribution is -2.41. The first-order valence-electron chi connectivity index (χ1n) is 7.99. The van der Waals surface area contributed by atoms with E-state index in [9.17, 15) is 18.7 Å². The van der Waals surface area contributed by atoms with Crippen molar-refractivity contribution in [2.24, 2.45) is 0 Å². The van der Waals surface area contributed by atoms with Gasteiger partial charge in [-0.05, 0) is 37.9 Å². The molecule has 1 atom stereocenters. The van der Waals surface area contributed by atoms with Crippen LogP contribution in [0.2, 0.25) is 0 Å². The van der Waals surface area contributed by atoms with E-state index in [-0.39, 0.29) is 31.4 Å². The Morgan fingerprint density at radius 3 is 2.28 bits per heavy atom. The molecule has 0 aromatic heterocycles. The second-order valence-corrected chi connectivity index (χ2v) is 5.99. The lowest BCUT2D eigenvalue weighted by molar-refractivity contribution is -0.137. The predicted molar refractivity (Wildman–Crippen MR) is 91.7 cm³/mol. The van der Waals surface area contributed by atoms with Crippen molar-refractivity contribution < 1.29 is 18.7 Å². The van der Waals surface area contributed by atoms with E-state index in [0.29, 0.717) is 11.1 Å². The van der Waals surface area contributed by atoms with Gasteiger partial charge >= 0.3 is 0 Å². The number of aliphatic hydroxyl groups excluding tert-OH is 1. The molecule has 0 aliphatic heterocycles. The molecule has 0 bridgehead atoms. The Labute approximate surface area is 146 Å². The Hall–Kier alpha value is -2.31. The summed E-state index contributed by atoms with van der Waals surface area (Å²) in [5.41, 5.74) is 1.01. The van der Waals surface area contributed by atoms with Crippen LogP contribution in [0.1, 0.15) is 17.2 Å². The van der Waals surface area contributed by atoms with Crippen LogP contribution in [0.25, 0.3) is 0 Å². The zero-order valence-corrected chi connectivity index (χ0v) is 14.3. The number of aliphatic hydroxyl groups is 1. The van der Waals surface area contributed by atoms with E-state index in [2.05, 4.69) is 0 Å². The van der Waals surface area contributed by atoms with Gasteiger partial charge in [0.15, 0.2) is 0 Å². The summed E-state index contributed by atoms with van der Waals surface area (Å²) in [6.07, 6.45) is 0. The third-order valence-electron chi connectivity index (χ3n) is 3.94. The number of benzene rings is 2. The van der Waals surface area contributed by atoms with Gasteiger partial charge in [0.2, 0.25) is 5.91 Å². The molecule has 0 radical (unpaired) electrons. The van der Waals surface area contributed by atoms with Crippen molar-refractivity contribution in [1.29, 1.82) is 0 Å². The van der Waals surface area contributed by atoms with Crippen LogP contribution in [-0.4, -0.2) is 48.1 Å². The Kier molecular flexibility index (Phi) is 6.61. The summed E-state index contributed by atoms with van der Waals surface area (Å²) < 4.78 is 27.1. The normalized spacial score (nSPS) is 12.2. The number of nitrogens with zero attached hydrogens (tertiary/aromatic N) is 2. The third-order valence-corrected chi connectivity index (χ3v) is 3.94. The Balaban J connectivity index is 2.29. The number of carbonyl (C=O) groups excluding carboxylic acids is 1. The van der Waals surface area contributed by atoms with E-state index in [4.69, 9.17) is 0 Å². The van der Waals surface area contributed by atoms with E-state index >= 15 is 0 Å². The van der Waals surface area contributed by atoms with Crippen LogP contribution in [0.4, 0.5) is 8.78 Å². The first-order valence-corrected chi connectivity index (χ1v) is 7.99. The number of rotatable bonds is 7. The smallest absolute Gasteiger partial charge is 0.244 e. The molecule has 0 heterocycles. The summed E-state index contributed by atoms with van der Waals surface area (Å²) in [5.74, 6) is -1.07. The van der Waals surface area contributed by atoms with Crippen molar-refractivity contribution in [2.45, 2.75) is 12.6 Å². The number of hydrogen-bond acceptors (Lipinski definition) is 3. The Bertz CT molecular complexity index is 705. The SMILES string of the molecule is CN(C)C(C(=O)N(CCO)Cc1ccccc1F)c1ccc(F)cc1. The van der Waals surface area contributed by atoms with Gasteiger partial charge in [-0.2, -0.15) is 0 Å². The zero-order valence-electron chi connectivity index (χ0n) is 14.3. The Morgan fingerprint density at radius 2 is 1.72 bits per heavy atom. The summed E-state index contributed by atoms with van der Waals surface area (Å²) in [7, 11) is 3.48. The highest BCUT2D eigenvalue weighted by Crippen LogP contribution is 2.23. The summed E-state index contributed by atoms with van der Waals surface area (Å²) in [5, 5.41) is 9.31. The van der Waals surface area contributed by atoms with Crippen molar-refractivity contribution in [3.8, 4) is 0 Å². The monoisotopic (exact) mass is 348 g/mol. The van der Waals surface area contributed by atoms with Crippen molar-refractivity contribution in [3.05, 3.63) is 71.3 Å². The van der Waals surface area contributed by atoms with Gasteiger partial charge in [-0.15, -0.1) is 0 Å². The van der Waals surface area contributed by atoms with Crippen molar-refractivity contribution >= 4 is 5.91 Å². The number of carbonyl (C=O) groups is 1. The first kappa shape index (κ1) is 19.0. The molecule has 134 valence electrons. The molecule has 0 fully saturated rings. The largest absolute Gasteiger partial charge is 0.395 e. The Morgan fingerprint density at radius 1 is 1.08 bits per heavy atom. The molecule has 1 amide bonds. The molecular weight excluding hydrogens is 326 g/mol. The van der Waals surface area contributed by atoms with Crippen LogP contribution < -0.4 is 0 Å². The minimum atomic E-state index is -0.654. The van der Waals surface area contributed by atoms with Gasteiger partial charge < -0.3 is 10.0 Å². The van der Waals surface area contributed by atoms with Crippen LogP contribution >= 0.6 is 0 Å². The lowest BCUT2D eigenvalue weighted by atomic mass is 10.0. The fourth-order valence-electron chi connectivity index (χ4n) is 2.70. The first-order chi connectivity index (χ1) is 11.9. The molecule has 6 heteroatoms. The maximum atomic E-state index is 13.9. The van der Waals surface area contributed by atoms with Gasteiger partial charge in [0, 0.05) is 18.7 Å². The second-order valence-electron chi connectivity index (χ2n) is 5.99.